The predicted molar refractivity (Wildman–Crippen MR) is 67.7 cm³/mol. The van der Waals surface area contributed by atoms with Gasteiger partial charge in [-0.3, -0.25) is 0 Å². The second-order valence-corrected chi connectivity index (χ2v) is 3.83. The lowest BCUT2D eigenvalue weighted by molar-refractivity contribution is 0.461. The summed E-state index contributed by atoms with van der Waals surface area (Å²) in [5.74, 6) is 0.741. The number of nitrogens with one attached hydrogen (secondary N) is 1. The Morgan fingerprint density at radius 3 is 2.94 bits per heavy atom. The van der Waals surface area contributed by atoms with Crippen LogP contribution < -0.4 is 10.1 Å². The first-order valence-corrected chi connectivity index (χ1v) is 5.76. The Kier molecular flexibility index (Phi) is 3.94. The molecule has 0 radical (unpaired) electrons. The quantitative estimate of drug-likeness (QED) is 0.921. The zero-order valence-corrected chi connectivity index (χ0v) is 10.4. The van der Waals surface area contributed by atoms with Crippen LogP contribution in [0.3, 0.4) is 0 Å². The highest BCUT2D eigenvalue weighted by atomic mass is 35.5. The molecule has 2 rings (SSSR count). The van der Waals surface area contributed by atoms with E-state index in [9.17, 15) is 4.39 Å². The molecule has 1 aromatic carbocycles. The molecule has 0 saturated carbocycles. The van der Waals surface area contributed by atoms with Gasteiger partial charge < -0.3 is 10.1 Å². The van der Waals surface area contributed by atoms with Gasteiger partial charge in [-0.15, -0.1) is 0 Å². The highest BCUT2D eigenvalue weighted by molar-refractivity contribution is 6.32. The van der Waals surface area contributed by atoms with Crippen LogP contribution in [-0.4, -0.2) is 16.5 Å². The van der Waals surface area contributed by atoms with Crippen molar-refractivity contribution >= 4 is 17.5 Å². The van der Waals surface area contributed by atoms with Crippen LogP contribution in [0.4, 0.5) is 10.3 Å². The van der Waals surface area contributed by atoms with E-state index < -0.39 is 5.82 Å². The molecule has 0 atom stereocenters. The van der Waals surface area contributed by atoms with E-state index in [0.717, 1.165) is 0 Å². The third kappa shape index (κ3) is 3.07. The molecule has 6 heteroatoms. The molecule has 94 valence electrons. The largest absolute Gasteiger partial charge is 0.437 e. The normalized spacial score (nSPS) is 10.2. The second kappa shape index (κ2) is 5.64. The smallest absolute Gasteiger partial charge is 0.225 e. The van der Waals surface area contributed by atoms with Gasteiger partial charge in [-0.1, -0.05) is 11.6 Å². The Morgan fingerprint density at radius 2 is 2.22 bits per heavy atom. The van der Waals surface area contributed by atoms with Crippen molar-refractivity contribution in [3.8, 4) is 11.6 Å². The highest BCUT2D eigenvalue weighted by Crippen LogP contribution is 2.28. The number of anilines is 1. The third-order valence-electron chi connectivity index (χ3n) is 2.07. The first kappa shape index (κ1) is 12.6. The number of ether oxygens (including phenoxy) is 1. The van der Waals surface area contributed by atoms with Gasteiger partial charge in [0.05, 0.1) is 5.02 Å². The van der Waals surface area contributed by atoms with Crippen molar-refractivity contribution < 1.29 is 9.13 Å². The Labute approximate surface area is 109 Å². The van der Waals surface area contributed by atoms with E-state index in [1.807, 2.05) is 6.92 Å². The van der Waals surface area contributed by atoms with Crippen LogP contribution >= 0.6 is 11.6 Å². The number of rotatable bonds is 4. The molecule has 0 aliphatic rings. The zero-order valence-electron chi connectivity index (χ0n) is 9.65. The first-order chi connectivity index (χ1) is 8.69. The van der Waals surface area contributed by atoms with Crippen molar-refractivity contribution in [3.63, 3.8) is 0 Å². The van der Waals surface area contributed by atoms with E-state index in [1.165, 1.54) is 18.2 Å². The topological polar surface area (TPSA) is 47.0 Å². The summed E-state index contributed by atoms with van der Waals surface area (Å²) < 4.78 is 18.3. The van der Waals surface area contributed by atoms with Gasteiger partial charge in [0.2, 0.25) is 11.8 Å². The Morgan fingerprint density at radius 1 is 1.39 bits per heavy atom. The summed E-state index contributed by atoms with van der Waals surface area (Å²) in [5, 5.41) is 3.16. The molecule has 4 nitrogen and oxygen atoms in total. The van der Waals surface area contributed by atoms with E-state index in [2.05, 4.69) is 15.3 Å². The van der Waals surface area contributed by atoms with Crippen LogP contribution in [0.1, 0.15) is 6.92 Å². The van der Waals surface area contributed by atoms with Gasteiger partial charge in [0.1, 0.15) is 11.6 Å². The number of hydrogen-bond acceptors (Lipinski definition) is 4. The molecule has 1 heterocycles. The van der Waals surface area contributed by atoms with E-state index in [1.54, 1.807) is 12.3 Å². The molecule has 0 amide bonds. The van der Waals surface area contributed by atoms with Gasteiger partial charge in [0.15, 0.2) is 0 Å². The standard InChI is InChI=1S/C12H11ClFN3O/c1-2-15-12-16-6-5-11(17-12)18-10-4-3-8(14)7-9(10)13/h3-7H,2H2,1H3,(H,15,16,17). The first-order valence-electron chi connectivity index (χ1n) is 5.39. The minimum Gasteiger partial charge on any atom is -0.437 e. The fourth-order valence-corrected chi connectivity index (χ4v) is 1.52. The lowest BCUT2D eigenvalue weighted by atomic mass is 10.3. The van der Waals surface area contributed by atoms with Gasteiger partial charge in [-0.05, 0) is 25.1 Å². The van der Waals surface area contributed by atoms with Gasteiger partial charge in [-0.25, -0.2) is 9.37 Å². The summed E-state index contributed by atoms with van der Waals surface area (Å²) in [4.78, 5) is 8.14. The minimum absolute atomic E-state index is 0.193. The van der Waals surface area contributed by atoms with Crippen LogP contribution in [0.15, 0.2) is 30.5 Å². The van der Waals surface area contributed by atoms with Crippen molar-refractivity contribution in [1.82, 2.24) is 9.97 Å². The number of hydrogen-bond donors (Lipinski definition) is 1. The molecule has 1 N–H and O–H groups in total. The van der Waals surface area contributed by atoms with E-state index >= 15 is 0 Å². The van der Waals surface area contributed by atoms with Crippen molar-refractivity contribution in [2.75, 3.05) is 11.9 Å². The number of benzene rings is 1. The maximum Gasteiger partial charge on any atom is 0.225 e. The van der Waals surface area contributed by atoms with E-state index in [0.29, 0.717) is 24.1 Å². The van der Waals surface area contributed by atoms with Gasteiger partial charge in [0, 0.05) is 18.8 Å². The van der Waals surface area contributed by atoms with Gasteiger partial charge in [-0.2, -0.15) is 4.98 Å². The molecule has 0 aliphatic heterocycles. The van der Waals surface area contributed by atoms with Crippen molar-refractivity contribution in [2.45, 2.75) is 6.92 Å². The predicted octanol–water partition coefficient (Wildman–Crippen LogP) is 3.49. The average molecular weight is 268 g/mol. The second-order valence-electron chi connectivity index (χ2n) is 3.43. The molecular formula is C12H11ClFN3O. The van der Waals surface area contributed by atoms with Crippen LogP contribution in [0.5, 0.6) is 11.6 Å². The van der Waals surface area contributed by atoms with Crippen LogP contribution in [0.2, 0.25) is 5.02 Å². The van der Waals surface area contributed by atoms with Crippen LogP contribution in [0.25, 0.3) is 0 Å². The van der Waals surface area contributed by atoms with Crippen molar-refractivity contribution in [1.29, 1.82) is 0 Å². The zero-order chi connectivity index (χ0) is 13.0. The molecule has 1 aromatic heterocycles. The fourth-order valence-electron chi connectivity index (χ4n) is 1.31. The molecule has 0 unspecified atom stereocenters. The fraction of sp³-hybridized carbons (Fsp3) is 0.167. The molecule has 2 aromatic rings. The van der Waals surface area contributed by atoms with Crippen LogP contribution in [0, 0.1) is 5.82 Å². The average Bonchev–Trinajstić information content (AvgIpc) is 2.34. The van der Waals surface area contributed by atoms with Crippen molar-refractivity contribution in [2.24, 2.45) is 0 Å². The summed E-state index contributed by atoms with van der Waals surface area (Å²) in [6.45, 7) is 2.65. The highest BCUT2D eigenvalue weighted by Gasteiger charge is 2.06. The SMILES string of the molecule is CCNc1nccc(Oc2ccc(F)cc2Cl)n1. The third-order valence-corrected chi connectivity index (χ3v) is 2.37. The Hall–Kier alpha value is -1.88. The number of nitrogens with zero attached hydrogens (tertiary/aromatic N) is 2. The molecule has 0 saturated heterocycles. The number of aromatic nitrogens is 2. The number of halogens is 2. The van der Waals surface area contributed by atoms with Crippen LogP contribution in [-0.2, 0) is 0 Å². The lowest BCUT2D eigenvalue weighted by Crippen LogP contribution is -2.02. The minimum atomic E-state index is -0.414. The maximum atomic E-state index is 12.9. The van der Waals surface area contributed by atoms with Crippen molar-refractivity contribution in [3.05, 3.63) is 41.3 Å². The molecule has 0 bridgehead atoms. The molecule has 0 spiro atoms. The Bertz CT molecular complexity index is 551. The summed E-state index contributed by atoms with van der Waals surface area (Å²) in [5.41, 5.74) is 0. The van der Waals surface area contributed by atoms with Gasteiger partial charge >= 0.3 is 0 Å². The summed E-state index contributed by atoms with van der Waals surface area (Å²) in [6, 6.07) is 5.50. The van der Waals surface area contributed by atoms with E-state index in [-0.39, 0.29) is 5.02 Å². The summed E-state index contributed by atoms with van der Waals surface area (Å²) in [7, 11) is 0. The molecule has 0 aliphatic carbocycles. The van der Waals surface area contributed by atoms with Gasteiger partial charge in [0.25, 0.3) is 0 Å². The lowest BCUT2D eigenvalue weighted by Gasteiger charge is -2.07. The Balaban J connectivity index is 2.20. The summed E-state index contributed by atoms with van der Waals surface area (Å²) in [6.07, 6.45) is 1.57. The monoisotopic (exact) mass is 267 g/mol. The summed E-state index contributed by atoms with van der Waals surface area (Å²) >= 11 is 5.86. The molecule has 0 fully saturated rings. The molecular weight excluding hydrogens is 257 g/mol. The van der Waals surface area contributed by atoms with E-state index in [4.69, 9.17) is 16.3 Å². The maximum absolute atomic E-state index is 12.9. The molecule has 18 heavy (non-hydrogen) atoms.